The van der Waals surface area contributed by atoms with E-state index < -0.39 is 0 Å². The van der Waals surface area contributed by atoms with Gasteiger partial charge >= 0.3 is 0 Å². The minimum atomic E-state index is -0.0807. The number of carbonyl (C=O) groups excluding carboxylic acids is 1. The van der Waals surface area contributed by atoms with Crippen LogP contribution >= 0.6 is 23.4 Å². The maximum atomic E-state index is 12.3. The zero-order valence-electron chi connectivity index (χ0n) is 15.0. The molecule has 28 heavy (non-hydrogen) atoms. The van der Waals surface area contributed by atoms with Crippen LogP contribution in [0, 0.1) is 6.92 Å². The highest BCUT2D eigenvalue weighted by molar-refractivity contribution is 7.99. The second kappa shape index (κ2) is 8.00. The van der Waals surface area contributed by atoms with Crippen LogP contribution in [-0.2, 0) is 4.79 Å². The Bertz CT molecular complexity index is 1140. The molecular formula is C20H16ClN5OS. The highest BCUT2D eigenvalue weighted by Gasteiger charge is 2.11. The standard InChI is InChI=1S/C20H16ClN5OS/c1-13-4-2-3-5-16(13)22-18(27)12-28-19-11-10-17-23-24-20(26(17)25-19)14-6-8-15(21)9-7-14/h2-11H,12H2,1H3,(H,22,27). The number of rotatable bonds is 5. The van der Waals surface area contributed by atoms with Crippen molar-refractivity contribution < 1.29 is 4.79 Å². The summed E-state index contributed by atoms with van der Waals surface area (Å²) in [5, 5.41) is 17.2. The monoisotopic (exact) mass is 409 g/mol. The van der Waals surface area contributed by atoms with Crippen molar-refractivity contribution in [1.29, 1.82) is 0 Å². The van der Waals surface area contributed by atoms with Crippen molar-refractivity contribution in [1.82, 2.24) is 19.8 Å². The molecule has 140 valence electrons. The lowest BCUT2D eigenvalue weighted by Gasteiger charge is -2.07. The molecule has 0 saturated carbocycles. The van der Waals surface area contributed by atoms with Crippen LogP contribution in [0.15, 0.2) is 65.7 Å². The van der Waals surface area contributed by atoms with Gasteiger partial charge in [0, 0.05) is 16.3 Å². The summed E-state index contributed by atoms with van der Waals surface area (Å²) in [6.45, 7) is 1.96. The van der Waals surface area contributed by atoms with Crippen LogP contribution in [-0.4, -0.2) is 31.5 Å². The Morgan fingerprint density at radius 2 is 1.86 bits per heavy atom. The van der Waals surface area contributed by atoms with Crippen molar-refractivity contribution in [3.05, 3.63) is 71.2 Å². The molecule has 0 aliphatic rings. The van der Waals surface area contributed by atoms with Crippen molar-refractivity contribution in [2.24, 2.45) is 0 Å². The van der Waals surface area contributed by atoms with E-state index in [0.29, 0.717) is 21.5 Å². The van der Waals surface area contributed by atoms with Gasteiger partial charge in [0.2, 0.25) is 5.91 Å². The van der Waals surface area contributed by atoms with Crippen LogP contribution in [0.4, 0.5) is 5.69 Å². The molecule has 0 aliphatic heterocycles. The van der Waals surface area contributed by atoms with Gasteiger partial charge in [-0.05, 0) is 55.0 Å². The van der Waals surface area contributed by atoms with Gasteiger partial charge in [-0.1, -0.05) is 41.6 Å². The van der Waals surface area contributed by atoms with Crippen molar-refractivity contribution in [3.63, 3.8) is 0 Å². The zero-order valence-corrected chi connectivity index (χ0v) is 16.5. The molecule has 2 aromatic heterocycles. The number of amides is 1. The zero-order chi connectivity index (χ0) is 19.5. The molecule has 0 bridgehead atoms. The minimum absolute atomic E-state index is 0.0807. The van der Waals surface area contributed by atoms with E-state index in [1.54, 1.807) is 16.6 Å². The predicted molar refractivity (Wildman–Crippen MR) is 112 cm³/mol. The fraction of sp³-hybridized carbons (Fsp3) is 0.100. The first-order valence-electron chi connectivity index (χ1n) is 8.57. The number of para-hydroxylation sites is 1. The number of hydrogen-bond donors (Lipinski definition) is 1. The fourth-order valence-electron chi connectivity index (χ4n) is 2.67. The molecule has 4 aromatic rings. The van der Waals surface area contributed by atoms with Crippen LogP contribution < -0.4 is 5.32 Å². The van der Waals surface area contributed by atoms with Gasteiger partial charge in [0.05, 0.1) is 5.75 Å². The Kier molecular flexibility index (Phi) is 5.27. The Labute approximate surface area is 170 Å². The number of carbonyl (C=O) groups is 1. The normalized spacial score (nSPS) is 10.9. The maximum absolute atomic E-state index is 12.3. The molecule has 2 heterocycles. The molecule has 0 radical (unpaired) electrons. The Balaban J connectivity index is 1.50. The Morgan fingerprint density at radius 3 is 2.64 bits per heavy atom. The summed E-state index contributed by atoms with van der Waals surface area (Å²) in [7, 11) is 0. The number of nitrogens with zero attached hydrogens (tertiary/aromatic N) is 4. The summed E-state index contributed by atoms with van der Waals surface area (Å²) in [5.74, 6) is 0.798. The average Bonchev–Trinajstić information content (AvgIpc) is 3.12. The number of fused-ring (bicyclic) bond motifs is 1. The topological polar surface area (TPSA) is 72.2 Å². The van der Waals surface area contributed by atoms with E-state index in [-0.39, 0.29) is 11.7 Å². The second-order valence-corrected chi connectivity index (χ2v) is 7.56. The second-order valence-electron chi connectivity index (χ2n) is 6.12. The first-order valence-corrected chi connectivity index (χ1v) is 9.93. The van der Waals surface area contributed by atoms with E-state index in [2.05, 4.69) is 20.6 Å². The maximum Gasteiger partial charge on any atom is 0.234 e. The van der Waals surface area contributed by atoms with E-state index in [9.17, 15) is 4.79 Å². The summed E-state index contributed by atoms with van der Waals surface area (Å²) >= 11 is 7.31. The number of thioether (sulfide) groups is 1. The molecule has 1 N–H and O–H groups in total. The van der Waals surface area contributed by atoms with Gasteiger partial charge in [0.1, 0.15) is 5.03 Å². The fourth-order valence-corrected chi connectivity index (χ4v) is 3.45. The summed E-state index contributed by atoms with van der Waals surface area (Å²) < 4.78 is 1.67. The third-order valence-corrected chi connectivity index (χ3v) is 5.28. The van der Waals surface area contributed by atoms with Gasteiger partial charge in [-0.15, -0.1) is 10.2 Å². The minimum Gasteiger partial charge on any atom is -0.325 e. The first kappa shape index (κ1) is 18.5. The lowest BCUT2D eigenvalue weighted by atomic mass is 10.2. The molecule has 1 amide bonds. The van der Waals surface area contributed by atoms with Gasteiger partial charge < -0.3 is 5.32 Å². The van der Waals surface area contributed by atoms with E-state index >= 15 is 0 Å². The molecule has 0 saturated heterocycles. The SMILES string of the molecule is Cc1ccccc1NC(=O)CSc1ccc2nnc(-c3ccc(Cl)cc3)n2n1. The van der Waals surface area contributed by atoms with Crippen LogP contribution in [0.25, 0.3) is 17.0 Å². The number of nitrogens with one attached hydrogen (secondary N) is 1. The third kappa shape index (κ3) is 4.00. The molecule has 0 spiro atoms. The van der Waals surface area contributed by atoms with Crippen LogP contribution in [0.1, 0.15) is 5.56 Å². The molecule has 0 aliphatic carbocycles. The molecule has 0 fully saturated rings. The number of anilines is 1. The highest BCUT2D eigenvalue weighted by atomic mass is 35.5. The number of aromatic nitrogens is 4. The van der Waals surface area contributed by atoms with E-state index in [4.69, 9.17) is 11.6 Å². The van der Waals surface area contributed by atoms with Gasteiger partial charge in [-0.2, -0.15) is 9.61 Å². The number of hydrogen-bond acceptors (Lipinski definition) is 5. The van der Waals surface area contributed by atoms with Crippen molar-refractivity contribution in [3.8, 4) is 11.4 Å². The lowest BCUT2D eigenvalue weighted by molar-refractivity contribution is -0.113. The van der Waals surface area contributed by atoms with Gasteiger partial charge in [0.15, 0.2) is 11.5 Å². The van der Waals surface area contributed by atoms with Crippen molar-refractivity contribution >= 4 is 40.6 Å². The highest BCUT2D eigenvalue weighted by Crippen LogP contribution is 2.22. The molecule has 0 atom stereocenters. The number of benzene rings is 2. The van der Waals surface area contributed by atoms with Crippen LogP contribution in [0.2, 0.25) is 5.02 Å². The summed E-state index contributed by atoms with van der Waals surface area (Å²) in [6, 6.07) is 18.7. The molecule has 2 aromatic carbocycles. The lowest BCUT2D eigenvalue weighted by Crippen LogP contribution is -2.15. The van der Waals surface area contributed by atoms with Gasteiger partial charge in [0.25, 0.3) is 0 Å². The Morgan fingerprint density at radius 1 is 1.07 bits per heavy atom. The summed E-state index contributed by atoms with van der Waals surface area (Å²) in [4.78, 5) is 12.3. The molecule has 0 unspecified atom stereocenters. The predicted octanol–water partition coefficient (Wildman–Crippen LogP) is 4.48. The van der Waals surface area contributed by atoms with Gasteiger partial charge in [-0.25, -0.2) is 0 Å². The summed E-state index contributed by atoms with van der Waals surface area (Å²) in [5.41, 5.74) is 3.35. The third-order valence-electron chi connectivity index (χ3n) is 4.11. The number of halogens is 1. The first-order chi connectivity index (χ1) is 13.6. The smallest absolute Gasteiger partial charge is 0.234 e. The number of aryl methyl sites for hydroxylation is 1. The summed E-state index contributed by atoms with van der Waals surface area (Å²) in [6.07, 6.45) is 0. The van der Waals surface area contributed by atoms with Crippen molar-refractivity contribution in [2.45, 2.75) is 11.9 Å². The Hall–Kier alpha value is -2.90. The van der Waals surface area contributed by atoms with E-state index in [1.165, 1.54) is 11.8 Å². The molecule has 4 rings (SSSR count). The largest absolute Gasteiger partial charge is 0.325 e. The molecule has 6 nitrogen and oxygen atoms in total. The van der Waals surface area contributed by atoms with Gasteiger partial charge in [-0.3, -0.25) is 4.79 Å². The van der Waals surface area contributed by atoms with Crippen molar-refractivity contribution in [2.75, 3.05) is 11.1 Å². The van der Waals surface area contributed by atoms with Crippen LogP contribution in [0.5, 0.6) is 0 Å². The quantitative estimate of drug-likeness (QED) is 0.492. The average molecular weight is 410 g/mol. The van der Waals surface area contributed by atoms with Crippen LogP contribution in [0.3, 0.4) is 0 Å². The molecular weight excluding hydrogens is 394 g/mol. The molecule has 8 heteroatoms. The van der Waals surface area contributed by atoms with E-state index in [0.717, 1.165) is 16.8 Å². The van der Waals surface area contributed by atoms with E-state index in [1.807, 2.05) is 55.5 Å².